The van der Waals surface area contributed by atoms with E-state index in [1.165, 1.54) is 12.1 Å². The third kappa shape index (κ3) is 8.92. The summed E-state index contributed by atoms with van der Waals surface area (Å²) in [5.41, 5.74) is 4.81. The van der Waals surface area contributed by atoms with Crippen molar-refractivity contribution in [2.45, 2.75) is 63.1 Å². The van der Waals surface area contributed by atoms with Gasteiger partial charge in [0.25, 0.3) is 17.7 Å². The Kier molecular flexibility index (Phi) is 11.9. The molecule has 3 N–H and O–H groups in total. The Hall–Kier alpha value is -7.21. The molecule has 3 aromatic carbocycles. The minimum absolute atomic E-state index is 0.0381. The zero-order chi connectivity index (χ0) is 45.3. The molecular weight excluding hydrogens is 843 g/mol. The number of nitrogens with one attached hydrogen (secondary N) is 3. The third-order valence-corrected chi connectivity index (χ3v) is 13.6. The number of rotatable bonds is 13. The fourth-order valence-electron chi connectivity index (χ4n) is 9.79. The molecule has 0 radical (unpaired) electrons. The van der Waals surface area contributed by atoms with E-state index in [0.717, 1.165) is 85.9 Å². The molecule has 18 heteroatoms. The van der Waals surface area contributed by atoms with E-state index >= 15 is 0 Å². The minimum atomic E-state index is -1.05. The lowest BCUT2D eigenvalue weighted by Gasteiger charge is -2.39. The first kappa shape index (κ1) is 42.7. The van der Waals surface area contributed by atoms with Gasteiger partial charge in [0.05, 0.1) is 23.9 Å². The molecule has 1 saturated carbocycles. The van der Waals surface area contributed by atoms with Crippen LogP contribution in [0, 0.1) is 5.92 Å². The van der Waals surface area contributed by atoms with E-state index in [1.807, 2.05) is 41.6 Å². The van der Waals surface area contributed by atoms with E-state index in [1.54, 1.807) is 12.4 Å². The van der Waals surface area contributed by atoms with Crippen LogP contribution in [0.4, 0.5) is 17.2 Å². The molecule has 10 rings (SSSR count). The van der Waals surface area contributed by atoms with E-state index in [9.17, 15) is 28.8 Å². The molecule has 1 aliphatic carbocycles. The Morgan fingerprint density at radius 1 is 0.803 bits per heavy atom. The molecule has 6 heterocycles. The average Bonchev–Trinajstić information content (AvgIpc) is 3.85. The number of hydrogen-bond donors (Lipinski definition) is 3. The number of likely N-dealkylation sites (tertiary alicyclic amines) is 1. The lowest BCUT2D eigenvalue weighted by molar-refractivity contribution is -0.136. The molecule has 18 nitrogen and oxygen atoms in total. The molecule has 6 amide bonds. The highest BCUT2D eigenvalue weighted by Gasteiger charge is 2.45. The molecule has 1 unspecified atom stereocenters. The van der Waals surface area contributed by atoms with Crippen LogP contribution in [0.2, 0.25) is 0 Å². The SMILES string of the molecule is O=C1CCC(N2C(=O)c3ccc(OCC(=O)N4CCC(CN5CCN(c6ccc(Nc7ncnc8c7ncn8C7CC(NC(=O)Cc8ccccc8)C7)cc6)CC5)CC4)cc3C2=O)C(=O)N1. The summed E-state index contributed by atoms with van der Waals surface area (Å²) >= 11 is 0. The van der Waals surface area contributed by atoms with Crippen molar-refractivity contribution in [1.82, 2.24) is 44.9 Å². The van der Waals surface area contributed by atoms with Crippen LogP contribution in [-0.4, -0.2) is 134 Å². The van der Waals surface area contributed by atoms with Gasteiger partial charge in [0, 0.05) is 75.7 Å². The van der Waals surface area contributed by atoms with Gasteiger partial charge in [0.2, 0.25) is 17.7 Å². The summed E-state index contributed by atoms with van der Waals surface area (Å²) < 4.78 is 7.88. The molecule has 5 aliphatic rings. The zero-order valence-corrected chi connectivity index (χ0v) is 36.4. The lowest BCUT2D eigenvalue weighted by Crippen LogP contribution is -2.54. The van der Waals surface area contributed by atoms with Crippen molar-refractivity contribution in [2.24, 2.45) is 5.92 Å². The molecule has 340 valence electrons. The quantitative estimate of drug-likeness (QED) is 0.145. The first-order valence-corrected chi connectivity index (χ1v) is 22.7. The predicted molar refractivity (Wildman–Crippen MR) is 242 cm³/mol. The number of carbonyl (C=O) groups is 6. The number of piperidine rings is 2. The first-order valence-electron chi connectivity index (χ1n) is 22.7. The molecule has 1 atom stereocenters. The van der Waals surface area contributed by atoms with E-state index < -0.39 is 29.7 Å². The number of piperazine rings is 1. The molecule has 4 fully saturated rings. The summed E-state index contributed by atoms with van der Waals surface area (Å²) in [4.78, 5) is 97.3. The van der Waals surface area contributed by atoms with Crippen molar-refractivity contribution in [3.8, 4) is 5.75 Å². The van der Waals surface area contributed by atoms with Crippen molar-refractivity contribution < 1.29 is 33.5 Å². The van der Waals surface area contributed by atoms with Crippen LogP contribution in [0.5, 0.6) is 5.75 Å². The van der Waals surface area contributed by atoms with Crippen LogP contribution in [0.1, 0.15) is 70.8 Å². The second-order valence-electron chi connectivity index (χ2n) is 17.8. The van der Waals surface area contributed by atoms with Crippen molar-refractivity contribution in [3.05, 3.63) is 102 Å². The second kappa shape index (κ2) is 18.3. The van der Waals surface area contributed by atoms with Crippen LogP contribution in [0.15, 0.2) is 85.5 Å². The predicted octanol–water partition coefficient (Wildman–Crippen LogP) is 3.47. The normalized spacial score (nSPS) is 21.4. The monoisotopic (exact) mass is 893 g/mol. The van der Waals surface area contributed by atoms with Crippen molar-refractivity contribution in [1.29, 1.82) is 0 Å². The van der Waals surface area contributed by atoms with E-state index in [0.29, 0.717) is 36.8 Å². The van der Waals surface area contributed by atoms with Gasteiger partial charge in [-0.25, -0.2) is 15.0 Å². The number of fused-ring (bicyclic) bond motifs is 2. The van der Waals surface area contributed by atoms with Crippen molar-refractivity contribution in [3.63, 3.8) is 0 Å². The van der Waals surface area contributed by atoms with Crippen molar-refractivity contribution >= 4 is 63.8 Å². The van der Waals surface area contributed by atoms with Gasteiger partial charge in [-0.05, 0) is 86.1 Å². The van der Waals surface area contributed by atoms with Crippen molar-refractivity contribution in [2.75, 3.05) is 62.6 Å². The topological polar surface area (TPSA) is 204 Å². The van der Waals surface area contributed by atoms with Gasteiger partial charge in [-0.3, -0.25) is 43.9 Å². The maximum atomic E-state index is 13.2. The fourth-order valence-corrected chi connectivity index (χ4v) is 9.79. The van der Waals surface area contributed by atoms with Gasteiger partial charge < -0.3 is 29.7 Å². The molecule has 0 spiro atoms. The smallest absolute Gasteiger partial charge is 0.262 e. The summed E-state index contributed by atoms with van der Waals surface area (Å²) in [6.45, 7) is 5.83. The molecule has 4 aliphatic heterocycles. The molecule has 3 saturated heterocycles. The average molecular weight is 894 g/mol. The number of ether oxygens (including phenoxy) is 1. The molecule has 0 bridgehead atoms. The molecule has 2 aromatic heterocycles. The number of nitrogens with zero attached hydrogens (tertiary/aromatic N) is 8. The Bertz CT molecular complexity index is 2670. The van der Waals surface area contributed by atoms with Crippen LogP contribution in [-0.2, 0) is 25.6 Å². The Morgan fingerprint density at radius 3 is 2.32 bits per heavy atom. The van der Waals surface area contributed by atoms with Gasteiger partial charge in [0.15, 0.2) is 23.6 Å². The van der Waals surface area contributed by atoms with Gasteiger partial charge >= 0.3 is 0 Å². The van der Waals surface area contributed by atoms with Gasteiger partial charge in [-0.1, -0.05) is 30.3 Å². The van der Waals surface area contributed by atoms with E-state index in [-0.39, 0.29) is 60.2 Å². The number of carbonyl (C=O) groups excluding carboxylic acids is 6. The largest absolute Gasteiger partial charge is 0.484 e. The summed E-state index contributed by atoms with van der Waals surface area (Å²) in [5, 5.41) is 8.79. The summed E-state index contributed by atoms with van der Waals surface area (Å²) in [6, 6.07) is 21.9. The first-order chi connectivity index (χ1) is 32.1. The lowest BCUT2D eigenvalue weighted by atomic mass is 9.86. The maximum Gasteiger partial charge on any atom is 0.262 e. The number of imide groups is 2. The Morgan fingerprint density at radius 2 is 1.56 bits per heavy atom. The standard InChI is InChI=1S/C48H51N11O7/c60-40-13-12-39(46(63)54-40)59-47(64)37-11-10-36(25-38(37)48(59)65)66-27-42(62)57-16-14-31(15-17-57)26-55-18-20-56(21-19-55)34-8-6-32(7-9-34)53-44-43-45(50-28-49-44)58(29-51-43)35-23-33(24-35)52-41(61)22-30-4-2-1-3-5-30/h1-11,25,28-29,31,33,35,39H,12-24,26-27H2,(H,52,61)(H,49,50,53)(H,54,60,63). The number of aromatic nitrogens is 4. The van der Waals surface area contributed by atoms with Crippen LogP contribution in [0.25, 0.3) is 11.2 Å². The van der Waals surface area contributed by atoms with Crippen LogP contribution < -0.4 is 25.6 Å². The second-order valence-corrected chi connectivity index (χ2v) is 17.8. The van der Waals surface area contributed by atoms with Crippen LogP contribution in [0.3, 0.4) is 0 Å². The minimum Gasteiger partial charge on any atom is -0.484 e. The maximum absolute atomic E-state index is 13.2. The number of amides is 6. The van der Waals surface area contributed by atoms with Gasteiger partial charge in [-0.15, -0.1) is 0 Å². The molecular formula is C48H51N11O7. The Balaban J connectivity index is 0.643. The summed E-state index contributed by atoms with van der Waals surface area (Å²) in [6.07, 6.45) is 7.33. The summed E-state index contributed by atoms with van der Waals surface area (Å²) in [7, 11) is 0. The Labute approximate surface area is 380 Å². The number of hydrogen-bond acceptors (Lipinski definition) is 13. The number of imidazole rings is 1. The van der Waals surface area contributed by atoms with Gasteiger partial charge in [0.1, 0.15) is 18.1 Å². The molecule has 66 heavy (non-hydrogen) atoms. The zero-order valence-electron chi connectivity index (χ0n) is 36.4. The highest BCUT2D eigenvalue weighted by molar-refractivity contribution is 6.23. The van der Waals surface area contributed by atoms with E-state index in [2.05, 4.69) is 69.5 Å². The molecule has 5 aromatic rings. The van der Waals surface area contributed by atoms with Gasteiger partial charge in [-0.2, -0.15) is 0 Å². The third-order valence-electron chi connectivity index (χ3n) is 13.6. The summed E-state index contributed by atoms with van der Waals surface area (Å²) in [5.74, 6) is -1.000. The highest BCUT2D eigenvalue weighted by Crippen LogP contribution is 2.36. The van der Waals surface area contributed by atoms with Crippen LogP contribution >= 0.6 is 0 Å². The fraction of sp³-hybridized carbons (Fsp3) is 0.396. The highest BCUT2D eigenvalue weighted by atomic mass is 16.5. The van der Waals surface area contributed by atoms with E-state index in [4.69, 9.17) is 4.74 Å². The number of benzene rings is 3. The number of anilines is 3.